The average molecular weight is 526 g/mol. The standard InChI is InChI=1S/C24H27F4N5O4/c1-23(2,3)37-22(35)31-21-32-24(4,11-16(34)33(21)5)12-7-6-8-15(17(12)26)30-18-14(29)10-9-13(25)19(18)36-20(27)28/h6-10,20,30H,11,29H2,1-5H3,(H,31,32,35)/t24-/m0/s1. The van der Waals surface area contributed by atoms with Crippen LogP contribution in [0, 0.1) is 11.6 Å². The van der Waals surface area contributed by atoms with Crippen molar-refractivity contribution in [3.63, 3.8) is 0 Å². The van der Waals surface area contributed by atoms with Crippen molar-refractivity contribution in [2.24, 2.45) is 4.99 Å². The highest BCUT2D eigenvalue weighted by Gasteiger charge is 2.40. The van der Waals surface area contributed by atoms with Gasteiger partial charge >= 0.3 is 12.7 Å². The van der Waals surface area contributed by atoms with E-state index in [0.717, 1.165) is 17.0 Å². The molecular formula is C24H27F4N5O4. The molecule has 9 nitrogen and oxygen atoms in total. The zero-order chi connectivity index (χ0) is 27.7. The lowest BCUT2D eigenvalue weighted by Gasteiger charge is -2.35. The van der Waals surface area contributed by atoms with E-state index in [1.54, 1.807) is 20.8 Å². The lowest BCUT2D eigenvalue weighted by atomic mass is 9.87. The Balaban J connectivity index is 2.02. The number of benzene rings is 2. The van der Waals surface area contributed by atoms with Gasteiger partial charge in [0.15, 0.2) is 17.4 Å². The van der Waals surface area contributed by atoms with E-state index in [9.17, 15) is 22.8 Å². The summed E-state index contributed by atoms with van der Waals surface area (Å²) in [5.41, 5.74) is 2.61. The first-order valence-electron chi connectivity index (χ1n) is 11.1. The molecule has 3 rings (SSSR count). The number of rotatable bonds is 5. The fourth-order valence-corrected chi connectivity index (χ4v) is 3.63. The van der Waals surface area contributed by atoms with Gasteiger partial charge in [-0.15, -0.1) is 0 Å². The number of nitrogens with one attached hydrogen (secondary N) is 2. The van der Waals surface area contributed by atoms with Gasteiger partial charge < -0.3 is 20.5 Å². The molecule has 1 aliphatic heterocycles. The van der Waals surface area contributed by atoms with Crippen LogP contribution in [0.5, 0.6) is 5.75 Å². The minimum absolute atomic E-state index is 0.0614. The molecule has 1 aliphatic rings. The third-order valence-electron chi connectivity index (χ3n) is 5.34. The molecule has 2 aromatic rings. The molecule has 0 saturated heterocycles. The second-order valence-electron chi connectivity index (χ2n) is 9.48. The lowest BCUT2D eigenvalue weighted by molar-refractivity contribution is -0.128. The number of hydrogen-bond acceptors (Lipinski definition) is 7. The molecule has 0 aromatic heterocycles. The van der Waals surface area contributed by atoms with Gasteiger partial charge in [0.25, 0.3) is 0 Å². The Morgan fingerprint density at radius 2 is 1.89 bits per heavy atom. The third-order valence-corrected chi connectivity index (χ3v) is 5.34. The molecule has 0 fully saturated rings. The van der Waals surface area contributed by atoms with Crippen molar-refractivity contribution in [3.05, 3.63) is 47.5 Å². The number of nitrogens with two attached hydrogens (primary N) is 1. The van der Waals surface area contributed by atoms with Gasteiger partial charge in [0.05, 0.1) is 23.3 Å². The van der Waals surface area contributed by atoms with Crippen LogP contribution in [-0.2, 0) is 15.1 Å². The van der Waals surface area contributed by atoms with Gasteiger partial charge in [-0.05, 0) is 45.9 Å². The number of carbonyl (C=O) groups is 2. The number of halogens is 4. The summed E-state index contributed by atoms with van der Waals surface area (Å²) in [7, 11) is 1.39. The largest absolute Gasteiger partial charge is 0.444 e. The van der Waals surface area contributed by atoms with E-state index in [4.69, 9.17) is 10.5 Å². The maximum atomic E-state index is 15.8. The first-order valence-corrected chi connectivity index (χ1v) is 11.1. The van der Waals surface area contributed by atoms with E-state index in [-0.39, 0.29) is 29.3 Å². The second-order valence-corrected chi connectivity index (χ2v) is 9.48. The molecule has 200 valence electrons. The maximum absolute atomic E-state index is 15.8. The quantitative estimate of drug-likeness (QED) is 0.380. The molecular weight excluding hydrogens is 498 g/mol. The molecule has 0 spiro atoms. The van der Waals surface area contributed by atoms with Crippen molar-refractivity contribution in [1.29, 1.82) is 0 Å². The van der Waals surface area contributed by atoms with Gasteiger partial charge in [0, 0.05) is 12.6 Å². The second kappa shape index (κ2) is 10.1. The molecule has 0 unspecified atom stereocenters. The van der Waals surface area contributed by atoms with Crippen LogP contribution in [0.25, 0.3) is 0 Å². The summed E-state index contributed by atoms with van der Waals surface area (Å²) < 4.78 is 65.1. The molecule has 4 N–H and O–H groups in total. The minimum Gasteiger partial charge on any atom is -0.444 e. The minimum atomic E-state index is -3.36. The van der Waals surface area contributed by atoms with Crippen LogP contribution in [-0.4, -0.2) is 42.1 Å². The number of guanidine groups is 1. The molecule has 13 heteroatoms. The number of hydrogen-bond donors (Lipinski definition) is 3. The number of ether oxygens (including phenoxy) is 2. The van der Waals surface area contributed by atoms with Gasteiger partial charge in [0.1, 0.15) is 11.3 Å². The first kappa shape index (κ1) is 27.6. The van der Waals surface area contributed by atoms with E-state index in [1.165, 1.54) is 32.2 Å². The van der Waals surface area contributed by atoms with Crippen molar-refractivity contribution < 1.29 is 36.6 Å². The zero-order valence-corrected chi connectivity index (χ0v) is 20.8. The van der Waals surface area contributed by atoms with Gasteiger partial charge in [-0.2, -0.15) is 8.78 Å². The van der Waals surface area contributed by atoms with Crippen LogP contribution < -0.4 is 21.1 Å². The first-order chi connectivity index (χ1) is 17.1. The molecule has 1 atom stereocenters. The van der Waals surface area contributed by atoms with E-state index in [2.05, 4.69) is 20.4 Å². The monoisotopic (exact) mass is 525 g/mol. The summed E-state index contributed by atoms with van der Waals surface area (Å²) in [5, 5.41) is 4.91. The predicted molar refractivity (Wildman–Crippen MR) is 129 cm³/mol. The van der Waals surface area contributed by atoms with Crippen molar-refractivity contribution in [2.45, 2.75) is 51.9 Å². The fourth-order valence-electron chi connectivity index (χ4n) is 3.63. The van der Waals surface area contributed by atoms with Crippen LogP contribution in [0.15, 0.2) is 35.3 Å². The number of anilines is 3. The number of carbonyl (C=O) groups excluding carboxylic acids is 2. The Labute approximate surface area is 210 Å². The summed E-state index contributed by atoms with van der Waals surface area (Å²) in [4.78, 5) is 30.5. The predicted octanol–water partition coefficient (Wildman–Crippen LogP) is 4.85. The number of nitrogen functional groups attached to an aromatic ring is 1. The van der Waals surface area contributed by atoms with E-state index in [1.807, 2.05) is 0 Å². The Morgan fingerprint density at radius 1 is 1.22 bits per heavy atom. The fraction of sp³-hybridized carbons (Fsp3) is 0.375. The van der Waals surface area contributed by atoms with Gasteiger partial charge in [0.2, 0.25) is 11.9 Å². The third kappa shape index (κ3) is 6.22. The maximum Gasteiger partial charge on any atom is 0.414 e. The molecule has 0 bridgehead atoms. The van der Waals surface area contributed by atoms with Crippen LogP contribution in [0.3, 0.4) is 0 Å². The van der Waals surface area contributed by atoms with Gasteiger partial charge in [-0.3, -0.25) is 15.0 Å². The normalized spacial score (nSPS) is 17.9. The number of amides is 2. The summed E-state index contributed by atoms with van der Waals surface area (Å²) in [5.74, 6) is -3.56. The topological polar surface area (TPSA) is 118 Å². The lowest BCUT2D eigenvalue weighted by Crippen LogP contribution is -2.52. The molecule has 0 radical (unpaired) electrons. The SMILES string of the molecule is CN1C(=O)C[C@@](C)(c2cccc(Nc3c(N)ccc(F)c3OC(F)F)c2F)N=C1NC(=O)OC(C)(C)C. The van der Waals surface area contributed by atoms with Crippen LogP contribution in [0.4, 0.5) is 39.4 Å². The molecule has 2 aromatic carbocycles. The highest BCUT2D eigenvalue weighted by atomic mass is 19.3. The summed E-state index contributed by atoms with van der Waals surface area (Å²) in [6.45, 7) is 3.10. The van der Waals surface area contributed by atoms with Gasteiger partial charge in [-0.25, -0.2) is 18.6 Å². The summed E-state index contributed by atoms with van der Waals surface area (Å²) in [6, 6.07) is 6.00. The smallest absolute Gasteiger partial charge is 0.414 e. The van der Waals surface area contributed by atoms with Crippen molar-refractivity contribution in [3.8, 4) is 5.75 Å². The van der Waals surface area contributed by atoms with E-state index >= 15 is 4.39 Å². The summed E-state index contributed by atoms with van der Waals surface area (Å²) in [6.07, 6.45) is -1.12. The van der Waals surface area contributed by atoms with Crippen LogP contribution >= 0.6 is 0 Å². The Kier molecular flexibility index (Phi) is 7.56. The number of alkyl carbamates (subject to hydrolysis) is 1. The van der Waals surface area contributed by atoms with Crippen LogP contribution in [0.1, 0.15) is 39.7 Å². The summed E-state index contributed by atoms with van der Waals surface area (Å²) >= 11 is 0. The molecule has 37 heavy (non-hydrogen) atoms. The number of alkyl halides is 2. The van der Waals surface area contributed by atoms with Crippen molar-refractivity contribution in [1.82, 2.24) is 10.2 Å². The Bertz CT molecular complexity index is 1250. The number of nitrogens with zero attached hydrogens (tertiary/aromatic N) is 2. The molecule has 2 amide bonds. The zero-order valence-electron chi connectivity index (χ0n) is 20.8. The van der Waals surface area contributed by atoms with Crippen molar-refractivity contribution >= 4 is 35.0 Å². The number of aliphatic imine (C=N–C) groups is 1. The highest BCUT2D eigenvalue weighted by molar-refractivity contribution is 6.05. The van der Waals surface area contributed by atoms with Crippen molar-refractivity contribution in [2.75, 3.05) is 18.1 Å². The molecule has 1 heterocycles. The Hall–Kier alpha value is -4.03. The van der Waals surface area contributed by atoms with E-state index in [0.29, 0.717) is 0 Å². The van der Waals surface area contributed by atoms with Gasteiger partial charge in [-0.1, -0.05) is 12.1 Å². The van der Waals surface area contributed by atoms with Crippen LogP contribution in [0.2, 0.25) is 0 Å². The average Bonchev–Trinajstić information content (AvgIpc) is 2.76. The molecule has 0 aliphatic carbocycles. The molecule has 0 saturated carbocycles. The Morgan fingerprint density at radius 3 is 2.51 bits per heavy atom. The highest BCUT2D eigenvalue weighted by Crippen LogP contribution is 2.40. The van der Waals surface area contributed by atoms with E-state index < -0.39 is 52.8 Å².